The normalized spacial score (nSPS) is 13.2. The lowest BCUT2D eigenvalue weighted by Gasteiger charge is -2.12. The van der Waals surface area contributed by atoms with Crippen LogP contribution in [0.5, 0.6) is 0 Å². The average molecular weight is 504 g/mol. The minimum Gasteiger partial charge on any atom is -0.354 e. The highest BCUT2D eigenvalue weighted by molar-refractivity contribution is 7.16. The van der Waals surface area contributed by atoms with Crippen LogP contribution < -0.4 is 5.32 Å². The van der Waals surface area contributed by atoms with Gasteiger partial charge in [0.05, 0.1) is 11.3 Å². The Kier molecular flexibility index (Phi) is 6.23. The van der Waals surface area contributed by atoms with Crippen molar-refractivity contribution >= 4 is 45.0 Å². The van der Waals surface area contributed by atoms with Crippen LogP contribution in [-0.4, -0.2) is 17.1 Å². The molecular weight excluding hydrogens is 474 g/mol. The van der Waals surface area contributed by atoms with Crippen molar-refractivity contribution in [2.45, 2.75) is 39.5 Å². The Hall–Kier alpha value is -3.96. The summed E-state index contributed by atoms with van der Waals surface area (Å²) in [6.07, 6.45) is 6.17. The highest BCUT2D eigenvalue weighted by Crippen LogP contribution is 2.41. The van der Waals surface area contributed by atoms with Gasteiger partial charge in [0.1, 0.15) is 5.00 Å². The second kappa shape index (κ2) is 9.83. The number of nitrogens with zero attached hydrogens (tertiary/aromatic N) is 1. The number of carbonyl (C=O) groups excluding carboxylic acids is 1. The minimum absolute atomic E-state index is 0.0772. The molecule has 184 valence electrons. The van der Waals surface area contributed by atoms with Crippen LogP contribution in [0.1, 0.15) is 50.3 Å². The molecule has 6 rings (SSSR count). The zero-order chi connectivity index (χ0) is 25.4. The first kappa shape index (κ1) is 23.4. The first-order valence-corrected chi connectivity index (χ1v) is 13.6. The summed E-state index contributed by atoms with van der Waals surface area (Å²) < 4.78 is 0. The maximum absolute atomic E-state index is 13.5. The van der Waals surface area contributed by atoms with Crippen LogP contribution in [-0.2, 0) is 12.8 Å². The molecule has 0 bridgehead atoms. The number of hydrogen-bond acceptors (Lipinski definition) is 3. The fourth-order valence-corrected chi connectivity index (χ4v) is 6.58. The molecule has 5 heteroatoms. The molecule has 5 aromatic rings. The summed E-state index contributed by atoms with van der Waals surface area (Å²) in [7, 11) is 0. The van der Waals surface area contributed by atoms with Gasteiger partial charge in [-0.3, -0.25) is 4.79 Å². The number of thiophene rings is 1. The van der Waals surface area contributed by atoms with Crippen molar-refractivity contribution in [1.29, 1.82) is 0 Å². The molecule has 2 heterocycles. The van der Waals surface area contributed by atoms with E-state index in [2.05, 4.69) is 60.5 Å². The number of nitrogens with one attached hydrogen (secondary N) is 2. The number of carbonyl (C=O) groups is 1. The van der Waals surface area contributed by atoms with E-state index >= 15 is 0 Å². The molecule has 0 unspecified atom stereocenters. The van der Waals surface area contributed by atoms with Crippen molar-refractivity contribution in [3.05, 3.63) is 105 Å². The van der Waals surface area contributed by atoms with E-state index < -0.39 is 0 Å². The number of hydrogen-bond donors (Lipinski definition) is 2. The number of amides is 1. The molecule has 1 aliphatic rings. The molecule has 2 aromatic heterocycles. The Morgan fingerprint density at radius 3 is 2.49 bits per heavy atom. The number of H-pyrrole nitrogens is 1. The Balaban J connectivity index is 1.47. The molecule has 1 aliphatic carbocycles. The van der Waals surface area contributed by atoms with Gasteiger partial charge < -0.3 is 10.3 Å². The van der Waals surface area contributed by atoms with Crippen LogP contribution >= 0.6 is 11.3 Å². The number of aromatic nitrogens is 1. The van der Waals surface area contributed by atoms with Gasteiger partial charge >= 0.3 is 0 Å². The molecular formula is C32H29N3OS. The van der Waals surface area contributed by atoms with Gasteiger partial charge in [-0.05, 0) is 74.4 Å². The van der Waals surface area contributed by atoms with Gasteiger partial charge in [0.15, 0.2) is 0 Å². The van der Waals surface area contributed by atoms with Gasteiger partial charge in [0.25, 0.3) is 5.91 Å². The van der Waals surface area contributed by atoms with Gasteiger partial charge in [0, 0.05) is 33.2 Å². The smallest absolute Gasteiger partial charge is 0.259 e. The van der Waals surface area contributed by atoms with Crippen molar-refractivity contribution < 1.29 is 4.79 Å². The summed E-state index contributed by atoms with van der Waals surface area (Å²) in [5, 5.41) is 5.04. The lowest BCUT2D eigenvalue weighted by atomic mass is 9.95. The van der Waals surface area contributed by atoms with E-state index in [4.69, 9.17) is 4.99 Å². The molecule has 37 heavy (non-hydrogen) atoms. The number of aryl methyl sites for hydroxylation is 3. The Labute approximate surface area is 221 Å². The highest BCUT2D eigenvalue weighted by Gasteiger charge is 2.25. The Bertz CT molecular complexity index is 1630. The maximum atomic E-state index is 13.5. The third-order valence-electron chi connectivity index (χ3n) is 7.07. The quantitative estimate of drug-likeness (QED) is 0.232. The van der Waals surface area contributed by atoms with E-state index in [1.807, 2.05) is 42.6 Å². The average Bonchev–Trinajstić information content (AvgIpc) is 3.47. The SMILES string of the molecule is Cc1cc(C)c2[nH]c(-c3ccccc3)c(/C=N/c3sc4c(c3C(=O)Nc3ccccc3)CCCC4)c2c1. The van der Waals surface area contributed by atoms with Gasteiger partial charge in [-0.1, -0.05) is 60.2 Å². The predicted octanol–water partition coefficient (Wildman–Crippen LogP) is 8.39. The topological polar surface area (TPSA) is 57.2 Å². The number of benzene rings is 3. The number of aromatic amines is 1. The largest absolute Gasteiger partial charge is 0.354 e. The number of fused-ring (bicyclic) bond motifs is 2. The molecule has 0 aliphatic heterocycles. The van der Waals surface area contributed by atoms with Crippen LogP contribution in [0.25, 0.3) is 22.2 Å². The molecule has 0 saturated heterocycles. The molecule has 0 radical (unpaired) electrons. The van der Waals surface area contributed by atoms with E-state index in [0.29, 0.717) is 0 Å². The molecule has 3 aromatic carbocycles. The zero-order valence-electron chi connectivity index (χ0n) is 21.1. The first-order valence-electron chi connectivity index (χ1n) is 12.8. The molecule has 0 spiro atoms. The van der Waals surface area contributed by atoms with E-state index in [1.54, 1.807) is 11.3 Å². The van der Waals surface area contributed by atoms with Crippen LogP contribution in [0.2, 0.25) is 0 Å². The van der Waals surface area contributed by atoms with Crippen molar-refractivity contribution in [3.8, 4) is 11.3 Å². The third-order valence-corrected chi connectivity index (χ3v) is 8.27. The van der Waals surface area contributed by atoms with Crippen molar-refractivity contribution in [2.75, 3.05) is 5.32 Å². The maximum Gasteiger partial charge on any atom is 0.259 e. The summed E-state index contributed by atoms with van der Waals surface area (Å²) >= 11 is 1.67. The molecule has 0 saturated carbocycles. The highest BCUT2D eigenvalue weighted by atomic mass is 32.1. The van der Waals surface area contributed by atoms with Crippen molar-refractivity contribution in [3.63, 3.8) is 0 Å². The number of anilines is 1. The standard InChI is InChI=1S/C32H29N3OS/c1-20-17-21(2)29-25(18-20)26(30(35-29)22-11-5-3-6-12-22)19-33-32-28(24-15-9-10-16-27(24)37-32)31(36)34-23-13-7-4-8-14-23/h3-8,11-14,17-19,35H,9-10,15-16H2,1-2H3,(H,34,36)/b33-19+. The van der Waals surface area contributed by atoms with Crippen LogP contribution in [0.15, 0.2) is 77.8 Å². The van der Waals surface area contributed by atoms with E-state index in [-0.39, 0.29) is 5.91 Å². The van der Waals surface area contributed by atoms with Gasteiger partial charge in [0.2, 0.25) is 0 Å². The molecule has 4 nitrogen and oxygen atoms in total. The number of rotatable bonds is 5. The molecule has 0 atom stereocenters. The van der Waals surface area contributed by atoms with Crippen LogP contribution in [0.4, 0.5) is 10.7 Å². The molecule has 2 N–H and O–H groups in total. The van der Waals surface area contributed by atoms with E-state index in [9.17, 15) is 4.79 Å². The summed E-state index contributed by atoms with van der Waals surface area (Å²) in [5.74, 6) is -0.0772. The Morgan fingerprint density at radius 1 is 0.973 bits per heavy atom. The minimum atomic E-state index is -0.0772. The molecule has 1 amide bonds. The summed E-state index contributed by atoms with van der Waals surface area (Å²) in [6, 6.07) is 24.5. The zero-order valence-corrected chi connectivity index (χ0v) is 21.9. The fraction of sp³-hybridized carbons (Fsp3) is 0.188. The fourth-order valence-electron chi connectivity index (χ4n) is 5.35. The van der Waals surface area contributed by atoms with E-state index in [0.717, 1.165) is 69.7 Å². The Morgan fingerprint density at radius 2 is 1.70 bits per heavy atom. The van der Waals surface area contributed by atoms with Crippen molar-refractivity contribution in [1.82, 2.24) is 4.98 Å². The number of para-hydroxylation sites is 1. The first-order chi connectivity index (χ1) is 18.1. The van der Waals surface area contributed by atoms with Gasteiger partial charge in [-0.25, -0.2) is 4.99 Å². The van der Waals surface area contributed by atoms with Crippen LogP contribution in [0.3, 0.4) is 0 Å². The van der Waals surface area contributed by atoms with Gasteiger partial charge in [-0.15, -0.1) is 11.3 Å². The summed E-state index contributed by atoms with van der Waals surface area (Å²) in [4.78, 5) is 23.5. The number of aliphatic imine (C=N–C) groups is 1. The lowest BCUT2D eigenvalue weighted by Crippen LogP contribution is -2.14. The third kappa shape index (κ3) is 4.51. The van der Waals surface area contributed by atoms with Crippen molar-refractivity contribution in [2.24, 2.45) is 4.99 Å². The summed E-state index contributed by atoms with van der Waals surface area (Å²) in [6.45, 7) is 4.27. The van der Waals surface area contributed by atoms with Crippen LogP contribution in [0, 0.1) is 13.8 Å². The monoisotopic (exact) mass is 503 g/mol. The van der Waals surface area contributed by atoms with Gasteiger partial charge in [-0.2, -0.15) is 0 Å². The second-order valence-corrected chi connectivity index (χ2v) is 10.8. The lowest BCUT2D eigenvalue weighted by molar-refractivity contribution is 0.102. The second-order valence-electron chi connectivity index (χ2n) is 9.75. The van der Waals surface area contributed by atoms with E-state index in [1.165, 1.54) is 21.6 Å². The summed E-state index contributed by atoms with van der Waals surface area (Å²) in [5.41, 5.74) is 9.46. The molecule has 0 fully saturated rings. The predicted molar refractivity (Wildman–Crippen MR) is 156 cm³/mol.